The predicted octanol–water partition coefficient (Wildman–Crippen LogP) is 1.58. The van der Waals surface area contributed by atoms with Crippen LogP contribution in [-0.2, 0) is 10.0 Å². The van der Waals surface area contributed by atoms with Gasteiger partial charge in [0.05, 0.1) is 17.7 Å². The molecule has 1 unspecified atom stereocenters. The van der Waals surface area contributed by atoms with Gasteiger partial charge in [0.1, 0.15) is 10.7 Å². The number of nitrogens with two attached hydrogens (primary N) is 1. The van der Waals surface area contributed by atoms with Crippen molar-refractivity contribution in [2.75, 3.05) is 18.8 Å². The number of para-hydroxylation sites is 1. The minimum Gasteiger partial charge on any atom is -0.395 e. The summed E-state index contributed by atoms with van der Waals surface area (Å²) in [6.07, 6.45) is 0. The number of sulfonamides is 1. The lowest BCUT2D eigenvalue weighted by atomic mass is 10.2. The Bertz CT molecular complexity index is 595. The molecule has 0 saturated heterocycles. The Morgan fingerprint density at radius 3 is 2.68 bits per heavy atom. The number of hydrogen-bond acceptors (Lipinski definition) is 4. The van der Waals surface area contributed by atoms with Crippen LogP contribution in [-0.4, -0.2) is 25.8 Å². The van der Waals surface area contributed by atoms with Crippen molar-refractivity contribution in [3.8, 4) is 6.07 Å². The number of halogens is 1. The number of benzene rings is 1. The van der Waals surface area contributed by atoms with Crippen molar-refractivity contribution in [3.63, 3.8) is 0 Å². The second-order valence-electron chi connectivity index (χ2n) is 4.14. The minimum atomic E-state index is -3.89. The van der Waals surface area contributed by atoms with Crippen LogP contribution in [0.3, 0.4) is 0 Å². The smallest absolute Gasteiger partial charge is 0.245 e. The average Bonchev–Trinajstić information content (AvgIpc) is 2.38. The molecule has 1 aromatic carbocycles. The molecule has 7 heteroatoms. The maximum Gasteiger partial charge on any atom is 0.245 e. The first-order valence-electron chi connectivity index (χ1n) is 5.78. The molecule has 2 N–H and O–H groups in total. The van der Waals surface area contributed by atoms with Gasteiger partial charge in [-0.05, 0) is 19.1 Å². The van der Waals surface area contributed by atoms with E-state index >= 15 is 0 Å². The van der Waals surface area contributed by atoms with Gasteiger partial charge in [-0.2, -0.15) is 9.57 Å². The molecule has 104 valence electrons. The van der Waals surface area contributed by atoms with Crippen LogP contribution >= 0.6 is 0 Å². The number of anilines is 1. The van der Waals surface area contributed by atoms with E-state index in [4.69, 9.17) is 11.0 Å². The molecule has 0 heterocycles. The van der Waals surface area contributed by atoms with Crippen molar-refractivity contribution >= 4 is 15.7 Å². The van der Waals surface area contributed by atoms with E-state index in [1.807, 2.05) is 6.07 Å². The van der Waals surface area contributed by atoms with Gasteiger partial charge in [0, 0.05) is 13.1 Å². The summed E-state index contributed by atoms with van der Waals surface area (Å²) in [5.74, 6) is -1.23. The second-order valence-corrected chi connectivity index (χ2v) is 6.04. The summed E-state index contributed by atoms with van der Waals surface area (Å²) >= 11 is 0. The Labute approximate surface area is 112 Å². The first kappa shape index (κ1) is 15.4. The molecule has 0 aliphatic carbocycles. The molecule has 0 radical (unpaired) electrons. The largest absolute Gasteiger partial charge is 0.395 e. The third-order valence-corrected chi connectivity index (χ3v) is 4.68. The van der Waals surface area contributed by atoms with Gasteiger partial charge in [-0.15, -0.1) is 0 Å². The highest BCUT2D eigenvalue weighted by Crippen LogP contribution is 2.24. The molecule has 0 bridgehead atoms. The van der Waals surface area contributed by atoms with Gasteiger partial charge in [0.25, 0.3) is 0 Å². The zero-order chi connectivity index (χ0) is 14.6. The first-order chi connectivity index (χ1) is 8.84. The van der Waals surface area contributed by atoms with E-state index < -0.39 is 27.4 Å². The lowest BCUT2D eigenvalue weighted by Gasteiger charge is -2.22. The first-order valence-corrected chi connectivity index (χ1v) is 7.22. The van der Waals surface area contributed by atoms with Crippen LogP contribution in [0.25, 0.3) is 0 Å². The van der Waals surface area contributed by atoms with E-state index in [9.17, 15) is 12.8 Å². The Hall–Kier alpha value is -1.65. The molecule has 0 aliphatic heterocycles. The van der Waals surface area contributed by atoms with Crippen molar-refractivity contribution < 1.29 is 12.8 Å². The minimum absolute atomic E-state index is 0.0469. The van der Waals surface area contributed by atoms with Gasteiger partial charge < -0.3 is 5.73 Å². The van der Waals surface area contributed by atoms with Crippen LogP contribution in [0.15, 0.2) is 23.1 Å². The molecular formula is C12H16FN3O2S. The van der Waals surface area contributed by atoms with Crippen molar-refractivity contribution in [3.05, 3.63) is 24.0 Å². The molecule has 0 aromatic heterocycles. The number of nitriles is 1. The fourth-order valence-corrected chi connectivity index (χ4v) is 3.29. The van der Waals surface area contributed by atoms with E-state index in [1.165, 1.54) is 12.1 Å². The molecule has 1 aromatic rings. The van der Waals surface area contributed by atoms with Crippen LogP contribution in [0.5, 0.6) is 0 Å². The molecule has 0 saturated carbocycles. The quantitative estimate of drug-likeness (QED) is 0.832. The topological polar surface area (TPSA) is 87.2 Å². The third-order valence-electron chi connectivity index (χ3n) is 2.68. The van der Waals surface area contributed by atoms with Crippen LogP contribution in [0.2, 0.25) is 0 Å². The molecule has 19 heavy (non-hydrogen) atoms. The molecule has 0 fully saturated rings. The van der Waals surface area contributed by atoms with E-state index in [0.717, 1.165) is 10.4 Å². The van der Waals surface area contributed by atoms with Gasteiger partial charge in [-0.1, -0.05) is 13.0 Å². The highest BCUT2D eigenvalue weighted by atomic mass is 32.2. The molecule has 5 nitrogen and oxygen atoms in total. The highest BCUT2D eigenvalue weighted by molar-refractivity contribution is 7.89. The average molecular weight is 285 g/mol. The number of rotatable bonds is 5. The predicted molar refractivity (Wildman–Crippen MR) is 70.0 cm³/mol. The maximum atomic E-state index is 13.3. The lowest BCUT2D eigenvalue weighted by molar-refractivity contribution is 0.400. The molecule has 0 spiro atoms. The number of nitrogen functional groups attached to an aromatic ring is 1. The fourth-order valence-electron chi connectivity index (χ4n) is 1.62. The van der Waals surface area contributed by atoms with Crippen LogP contribution in [0, 0.1) is 23.1 Å². The molecular weight excluding hydrogens is 269 g/mol. The van der Waals surface area contributed by atoms with Gasteiger partial charge in [-0.25, -0.2) is 12.8 Å². The van der Waals surface area contributed by atoms with E-state index in [0.29, 0.717) is 0 Å². The van der Waals surface area contributed by atoms with Crippen molar-refractivity contribution in [2.45, 2.75) is 18.7 Å². The summed E-state index contributed by atoms with van der Waals surface area (Å²) in [4.78, 5) is -0.264. The highest BCUT2D eigenvalue weighted by Gasteiger charge is 2.27. The Morgan fingerprint density at radius 1 is 1.53 bits per heavy atom. The van der Waals surface area contributed by atoms with Gasteiger partial charge in [0.2, 0.25) is 10.0 Å². The second kappa shape index (κ2) is 5.99. The van der Waals surface area contributed by atoms with Crippen molar-refractivity contribution in [2.24, 2.45) is 5.92 Å². The van der Waals surface area contributed by atoms with Gasteiger partial charge in [-0.3, -0.25) is 0 Å². The summed E-state index contributed by atoms with van der Waals surface area (Å²) in [6, 6.07) is 5.62. The summed E-state index contributed by atoms with van der Waals surface area (Å²) in [5, 5.41) is 8.76. The third kappa shape index (κ3) is 3.22. The molecule has 1 atom stereocenters. The SMILES string of the molecule is CCN(CC(C)C#N)S(=O)(=O)c1cccc(F)c1N. The molecule has 0 aliphatic rings. The van der Waals surface area contributed by atoms with Crippen molar-refractivity contribution in [1.82, 2.24) is 4.31 Å². The fraction of sp³-hybridized carbons (Fsp3) is 0.417. The van der Waals surface area contributed by atoms with Gasteiger partial charge >= 0.3 is 0 Å². The Balaban J connectivity index is 3.22. The Morgan fingerprint density at radius 2 is 2.16 bits per heavy atom. The van der Waals surface area contributed by atoms with Gasteiger partial charge in [0.15, 0.2) is 0 Å². The lowest BCUT2D eigenvalue weighted by Crippen LogP contribution is -2.34. The van der Waals surface area contributed by atoms with E-state index in [-0.39, 0.29) is 18.0 Å². The van der Waals surface area contributed by atoms with Crippen LogP contribution < -0.4 is 5.73 Å². The Kier molecular flexibility index (Phi) is 4.86. The molecule has 0 amide bonds. The van der Waals surface area contributed by atoms with Crippen LogP contribution in [0.1, 0.15) is 13.8 Å². The maximum absolute atomic E-state index is 13.3. The zero-order valence-corrected chi connectivity index (χ0v) is 11.6. The van der Waals surface area contributed by atoms with Crippen molar-refractivity contribution in [1.29, 1.82) is 5.26 Å². The number of hydrogen-bond donors (Lipinski definition) is 1. The summed E-state index contributed by atoms with van der Waals surface area (Å²) in [7, 11) is -3.89. The standard InChI is InChI=1S/C12H16FN3O2S/c1-3-16(8-9(2)7-14)19(17,18)11-6-4-5-10(13)12(11)15/h4-6,9H,3,8,15H2,1-2H3. The number of nitrogens with zero attached hydrogens (tertiary/aromatic N) is 2. The van der Waals surface area contributed by atoms with E-state index in [2.05, 4.69) is 0 Å². The summed E-state index contributed by atoms with van der Waals surface area (Å²) < 4.78 is 39.2. The molecule has 1 rings (SSSR count). The summed E-state index contributed by atoms with van der Waals surface area (Å²) in [6.45, 7) is 3.50. The normalized spacial score (nSPS) is 13.2. The zero-order valence-electron chi connectivity index (χ0n) is 10.8. The monoisotopic (exact) mass is 285 g/mol. The van der Waals surface area contributed by atoms with E-state index in [1.54, 1.807) is 13.8 Å². The van der Waals surface area contributed by atoms with Crippen LogP contribution in [0.4, 0.5) is 10.1 Å². The summed E-state index contributed by atoms with van der Waals surface area (Å²) in [5.41, 5.74) is 5.08.